The third-order valence-electron chi connectivity index (χ3n) is 5.36. The molecule has 7 nitrogen and oxygen atoms in total. The van der Waals surface area contributed by atoms with Gasteiger partial charge >= 0.3 is 0 Å². The average molecular weight is 477 g/mol. The number of anilines is 1. The molecule has 0 fully saturated rings. The van der Waals surface area contributed by atoms with Gasteiger partial charge in [-0.2, -0.15) is 10.2 Å². The highest BCUT2D eigenvalue weighted by molar-refractivity contribution is 7.13. The van der Waals surface area contributed by atoms with Gasteiger partial charge in [0.2, 0.25) is 5.91 Å². The van der Waals surface area contributed by atoms with Crippen LogP contribution in [-0.2, 0) is 17.9 Å². The molecule has 0 aliphatic rings. The SMILES string of the molecule is Cc1nn(CC(=O)Nc2cc(C)n(Cc3cccc(Cl)c3)n2)c2nccc(-c3cccs3)c12. The molecule has 5 rings (SSSR count). The summed E-state index contributed by atoms with van der Waals surface area (Å²) in [5, 5.41) is 15.7. The van der Waals surface area contributed by atoms with E-state index in [-0.39, 0.29) is 12.5 Å². The Balaban J connectivity index is 1.34. The van der Waals surface area contributed by atoms with E-state index in [9.17, 15) is 4.79 Å². The van der Waals surface area contributed by atoms with Crippen molar-refractivity contribution in [3.8, 4) is 10.4 Å². The second-order valence-corrected chi connectivity index (χ2v) is 9.17. The number of halogens is 1. The van der Waals surface area contributed by atoms with Crippen molar-refractivity contribution in [1.82, 2.24) is 24.5 Å². The van der Waals surface area contributed by atoms with Crippen LogP contribution in [-0.4, -0.2) is 30.5 Å². The summed E-state index contributed by atoms with van der Waals surface area (Å²) in [6.07, 6.45) is 1.76. The summed E-state index contributed by atoms with van der Waals surface area (Å²) in [7, 11) is 0. The number of aryl methyl sites for hydroxylation is 2. The van der Waals surface area contributed by atoms with Crippen molar-refractivity contribution in [3.05, 3.63) is 82.1 Å². The lowest BCUT2D eigenvalue weighted by Gasteiger charge is -2.06. The van der Waals surface area contributed by atoms with Crippen LogP contribution in [0.4, 0.5) is 5.82 Å². The van der Waals surface area contributed by atoms with E-state index >= 15 is 0 Å². The maximum absolute atomic E-state index is 12.8. The molecule has 0 saturated carbocycles. The fraction of sp³-hybridized carbons (Fsp3) is 0.167. The highest BCUT2D eigenvalue weighted by Gasteiger charge is 2.17. The molecule has 0 atom stereocenters. The van der Waals surface area contributed by atoms with Crippen molar-refractivity contribution in [2.24, 2.45) is 0 Å². The van der Waals surface area contributed by atoms with Gasteiger partial charge in [0.15, 0.2) is 11.5 Å². The summed E-state index contributed by atoms with van der Waals surface area (Å²) < 4.78 is 3.48. The van der Waals surface area contributed by atoms with Crippen LogP contribution in [0.2, 0.25) is 5.02 Å². The number of aromatic nitrogens is 5. The summed E-state index contributed by atoms with van der Waals surface area (Å²) in [5.41, 5.74) is 4.59. The first kappa shape index (κ1) is 21.4. The maximum Gasteiger partial charge on any atom is 0.247 e. The number of nitrogens with zero attached hydrogens (tertiary/aromatic N) is 5. The second-order valence-electron chi connectivity index (χ2n) is 7.78. The fourth-order valence-electron chi connectivity index (χ4n) is 3.89. The van der Waals surface area contributed by atoms with Gasteiger partial charge in [0.1, 0.15) is 6.54 Å². The summed E-state index contributed by atoms with van der Waals surface area (Å²) in [6, 6.07) is 15.6. The number of carbonyl (C=O) groups is 1. The third kappa shape index (κ3) is 4.40. The van der Waals surface area contributed by atoms with Crippen LogP contribution in [0.15, 0.2) is 60.1 Å². The van der Waals surface area contributed by atoms with Crippen LogP contribution < -0.4 is 5.32 Å². The second kappa shape index (κ2) is 8.80. The Labute approximate surface area is 199 Å². The molecule has 0 saturated heterocycles. The smallest absolute Gasteiger partial charge is 0.247 e. The first-order valence-electron chi connectivity index (χ1n) is 10.4. The lowest BCUT2D eigenvalue weighted by Crippen LogP contribution is -2.20. The van der Waals surface area contributed by atoms with Crippen LogP contribution in [0, 0.1) is 13.8 Å². The van der Waals surface area contributed by atoms with Crippen molar-refractivity contribution in [1.29, 1.82) is 0 Å². The number of thiophene rings is 1. The standard InChI is InChI=1S/C24H21ClN6OS/c1-15-11-21(29-30(15)13-17-5-3-6-18(25)12-17)27-22(32)14-31-24-23(16(2)28-31)19(8-9-26-24)20-7-4-10-33-20/h3-12H,13-14H2,1-2H3,(H,27,29,32). The Morgan fingerprint density at radius 1 is 1.09 bits per heavy atom. The number of hydrogen-bond acceptors (Lipinski definition) is 5. The van der Waals surface area contributed by atoms with Crippen LogP contribution in [0.3, 0.4) is 0 Å². The Hall–Kier alpha value is -3.49. The molecule has 4 heterocycles. The molecule has 0 bridgehead atoms. The van der Waals surface area contributed by atoms with Gasteiger partial charge in [0.05, 0.1) is 17.6 Å². The first-order valence-corrected chi connectivity index (χ1v) is 11.7. The predicted molar refractivity (Wildman–Crippen MR) is 132 cm³/mol. The van der Waals surface area contributed by atoms with Crippen molar-refractivity contribution in [3.63, 3.8) is 0 Å². The Morgan fingerprint density at radius 2 is 1.97 bits per heavy atom. The molecule has 0 radical (unpaired) electrons. The van der Waals surface area contributed by atoms with Gasteiger partial charge in [0.25, 0.3) is 0 Å². The lowest BCUT2D eigenvalue weighted by atomic mass is 10.1. The van der Waals surface area contributed by atoms with Crippen molar-refractivity contribution >= 4 is 45.7 Å². The fourth-order valence-corrected chi connectivity index (χ4v) is 4.86. The van der Waals surface area contributed by atoms with E-state index in [2.05, 4.69) is 26.6 Å². The van der Waals surface area contributed by atoms with E-state index in [0.29, 0.717) is 23.0 Å². The number of hydrogen-bond donors (Lipinski definition) is 1. The van der Waals surface area contributed by atoms with Crippen molar-refractivity contribution in [2.75, 3.05) is 5.32 Å². The zero-order chi connectivity index (χ0) is 22.9. The largest absolute Gasteiger partial charge is 0.308 e. The summed E-state index contributed by atoms with van der Waals surface area (Å²) >= 11 is 7.75. The van der Waals surface area contributed by atoms with E-state index in [1.807, 2.05) is 66.4 Å². The minimum Gasteiger partial charge on any atom is -0.308 e. The molecule has 1 amide bonds. The van der Waals surface area contributed by atoms with Crippen LogP contribution in [0.5, 0.6) is 0 Å². The van der Waals surface area contributed by atoms with E-state index in [1.54, 1.807) is 22.2 Å². The highest BCUT2D eigenvalue weighted by atomic mass is 35.5. The van der Waals surface area contributed by atoms with Crippen LogP contribution in [0.25, 0.3) is 21.5 Å². The lowest BCUT2D eigenvalue weighted by molar-refractivity contribution is -0.116. The van der Waals surface area contributed by atoms with Crippen LogP contribution in [0.1, 0.15) is 17.0 Å². The van der Waals surface area contributed by atoms with Crippen molar-refractivity contribution < 1.29 is 4.79 Å². The molecule has 1 aromatic carbocycles. The maximum atomic E-state index is 12.8. The number of nitrogens with one attached hydrogen (secondary N) is 1. The zero-order valence-electron chi connectivity index (χ0n) is 18.1. The molecular weight excluding hydrogens is 456 g/mol. The molecule has 9 heteroatoms. The molecule has 0 aliphatic carbocycles. The zero-order valence-corrected chi connectivity index (χ0v) is 19.7. The molecule has 33 heavy (non-hydrogen) atoms. The monoisotopic (exact) mass is 476 g/mol. The van der Waals surface area contributed by atoms with E-state index in [0.717, 1.165) is 32.8 Å². The van der Waals surface area contributed by atoms with Gasteiger partial charge in [-0.05, 0) is 49.1 Å². The number of amides is 1. The van der Waals surface area contributed by atoms with Gasteiger partial charge < -0.3 is 5.32 Å². The first-order chi connectivity index (χ1) is 16.0. The average Bonchev–Trinajstić information content (AvgIpc) is 3.49. The van der Waals surface area contributed by atoms with Gasteiger partial charge in [-0.25, -0.2) is 9.67 Å². The predicted octanol–water partition coefficient (Wildman–Crippen LogP) is 5.31. The topological polar surface area (TPSA) is 77.6 Å². The molecule has 1 N–H and O–H groups in total. The minimum atomic E-state index is -0.213. The van der Waals surface area contributed by atoms with Gasteiger partial charge in [-0.1, -0.05) is 29.8 Å². The number of pyridine rings is 1. The van der Waals surface area contributed by atoms with Gasteiger partial charge in [0, 0.05) is 33.4 Å². The summed E-state index contributed by atoms with van der Waals surface area (Å²) in [4.78, 5) is 18.5. The number of rotatable bonds is 6. The number of carbonyl (C=O) groups excluding carboxylic acids is 1. The van der Waals surface area contributed by atoms with Gasteiger partial charge in [-0.3, -0.25) is 9.48 Å². The normalized spacial score (nSPS) is 11.2. The molecule has 0 aliphatic heterocycles. The van der Waals surface area contributed by atoms with E-state index < -0.39 is 0 Å². The molecule has 0 spiro atoms. The number of fused-ring (bicyclic) bond motifs is 1. The van der Waals surface area contributed by atoms with E-state index in [1.165, 1.54) is 0 Å². The molecule has 4 aromatic heterocycles. The highest BCUT2D eigenvalue weighted by Crippen LogP contribution is 2.32. The molecule has 0 unspecified atom stereocenters. The Bertz CT molecular complexity index is 1450. The quantitative estimate of drug-likeness (QED) is 0.360. The number of benzene rings is 1. The summed E-state index contributed by atoms with van der Waals surface area (Å²) in [6.45, 7) is 4.51. The van der Waals surface area contributed by atoms with E-state index in [4.69, 9.17) is 11.6 Å². The molecule has 166 valence electrons. The third-order valence-corrected chi connectivity index (χ3v) is 6.50. The Morgan fingerprint density at radius 3 is 2.76 bits per heavy atom. The van der Waals surface area contributed by atoms with Crippen LogP contribution >= 0.6 is 22.9 Å². The minimum absolute atomic E-state index is 0.0471. The molecule has 5 aromatic rings. The summed E-state index contributed by atoms with van der Waals surface area (Å²) in [5.74, 6) is 0.287. The van der Waals surface area contributed by atoms with Crippen molar-refractivity contribution in [2.45, 2.75) is 26.9 Å². The Kier molecular flexibility index (Phi) is 5.70. The molecular formula is C24H21ClN6OS. The van der Waals surface area contributed by atoms with Gasteiger partial charge in [-0.15, -0.1) is 11.3 Å².